The molecule has 2 unspecified atom stereocenters. The Bertz CT molecular complexity index is 159. The second-order valence-electron chi connectivity index (χ2n) is 3.44. The van der Waals surface area contributed by atoms with E-state index >= 15 is 0 Å². The fourth-order valence-electron chi connectivity index (χ4n) is 1.77. The minimum atomic E-state index is -0.0946. The molecule has 0 heterocycles. The molecule has 2 N–H and O–H groups in total. The summed E-state index contributed by atoms with van der Waals surface area (Å²) in [5.74, 6) is 0.379. The molecule has 1 aliphatic carbocycles. The van der Waals surface area contributed by atoms with E-state index in [0.717, 1.165) is 19.3 Å². The molecule has 0 saturated heterocycles. The van der Waals surface area contributed by atoms with Crippen LogP contribution in [0.15, 0.2) is 0 Å². The summed E-state index contributed by atoms with van der Waals surface area (Å²) in [7, 11) is 1.62. The molecule has 1 rings (SSSR count). The summed E-state index contributed by atoms with van der Waals surface area (Å²) in [4.78, 5) is 11.4. The van der Waals surface area contributed by atoms with Crippen LogP contribution in [0.25, 0.3) is 0 Å². The van der Waals surface area contributed by atoms with Crippen LogP contribution in [-0.4, -0.2) is 25.5 Å². The third kappa shape index (κ3) is 2.29. The Morgan fingerprint density at radius 1 is 1.67 bits per heavy atom. The largest absolute Gasteiger partial charge is 0.383 e. The second kappa shape index (κ2) is 4.58. The second-order valence-corrected chi connectivity index (χ2v) is 3.44. The third-order valence-electron chi connectivity index (χ3n) is 2.48. The summed E-state index contributed by atoms with van der Waals surface area (Å²) in [5.41, 5.74) is 5.80. The first-order valence-corrected chi connectivity index (χ1v) is 4.53. The number of ketones is 1. The van der Waals surface area contributed by atoms with Gasteiger partial charge in [0.1, 0.15) is 5.78 Å². The summed E-state index contributed by atoms with van der Waals surface area (Å²) in [5, 5.41) is 0. The Kier molecular flexibility index (Phi) is 3.69. The highest BCUT2D eigenvalue weighted by atomic mass is 16.5. The third-order valence-corrected chi connectivity index (χ3v) is 2.48. The van der Waals surface area contributed by atoms with Gasteiger partial charge in [-0.25, -0.2) is 0 Å². The van der Waals surface area contributed by atoms with Crippen LogP contribution in [0, 0.1) is 5.92 Å². The zero-order valence-corrected chi connectivity index (χ0v) is 7.58. The van der Waals surface area contributed by atoms with Gasteiger partial charge in [-0.1, -0.05) is 6.42 Å². The molecule has 0 bridgehead atoms. The molecular formula is C9H17NO2. The molecule has 3 heteroatoms. The van der Waals surface area contributed by atoms with Crippen molar-refractivity contribution < 1.29 is 9.53 Å². The molecular weight excluding hydrogens is 154 g/mol. The number of methoxy groups -OCH3 is 1. The van der Waals surface area contributed by atoms with Gasteiger partial charge >= 0.3 is 0 Å². The van der Waals surface area contributed by atoms with Crippen molar-refractivity contribution in [2.24, 2.45) is 11.7 Å². The van der Waals surface area contributed by atoms with E-state index in [1.807, 2.05) is 0 Å². The van der Waals surface area contributed by atoms with Gasteiger partial charge in [-0.05, 0) is 12.8 Å². The van der Waals surface area contributed by atoms with Crippen LogP contribution in [0.2, 0.25) is 0 Å². The van der Waals surface area contributed by atoms with Crippen molar-refractivity contribution in [3.63, 3.8) is 0 Å². The van der Waals surface area contributed by atoms with Gasteiger partial charge < -0.3 is 10.5 Å². The lowest BCUT2D eigenvalue weighted by Crippen LogP contribution is -2.40. The van der Waals surface area contributed by atoms with E-state index in [4.69, 9.17) is 10.5 Å². The fraction of sp³-hybridized carbons (Fsp3) is 0.889. The van der Waals surface area contributed by atoms with Gasteiger partial charge in [-0.15, -0.1) is 0 Å². The number of ether oxygens (including phenoxy) is 1. The van der Waals surface area contributed by atoms with E-state index in [9.17, 15) is 4.79 Å². The van der Waals surface area contributed by atoms with Gasteiger partial charge in [0, 0.05) is 25.5 Å². The lowest BCUT2D eigenvalue weighted by Gasteiger charge is -2.25. The van der Waals surface area contributed by atoms with Crippen molar-refractivity contribution in [3.05, 3.63) is 0 Å². The Morgan fingerprint density at radius 3 is 3.00 bits per heavy atom. The standard InChI is InChI=1S/C9H17NO2/c1-12-6-8(10)7-4-2-3-5-9(7)11/h7-8H,2-6,10H2,1H3. The van der Waals surface area contributed by atoms with Crippen LogP contribution in [0.1, 0.15) is 25.7 Å². The van der Waals surface area contributed by atoms with Crippen molar-refractivity contribution in [1.82, 2.24) is 0 Å². The van der Waals surface area contributed by atoms with Gasteiger partial charge in [0.25, 0.3) is 0 Å². The van der Waals surface area contributed by atoms with Crippen molar-refractivity contribution in [2.75, 3.05) is 13.7 Å². The minimum Gasteiger partial charge on any atom is -0.383 e. The molecule has 0 radical (unpaired) electrons. The summed E-state index contributed by atoms with van der Waals surface area (Å²) < 4.78 is 4.93. The Morgan fingerprint density at radius 2 is 2.42 bits per heavy atom. The number of carbonyl (C=O) groups excluding carboxylic acids is 1. The van der Waals surface area contributed by atoms with Gasteiger partial charge in [-0.2, -0.15) is 0 Å². The van der Waals surface area contributed by atoms with Crippen LogP contribution in [0.3, 0.4) is 0 Å². The number of rotatable bonds is 3. The molecule has 70 valence electrons. The maximum absolute atomic E-state index is 11.4. The van der Waals surface area contributed by atoms with Gasteiger partial charge in [0.05, 0.1) is 6.61 Å². The molecule has 12 heavy (non-hydrogen) atoms. The normalized spacial score (nSPS) is 27.2. The number of hydrogen-bond acceptors (Lipinski definition) is 3. The molecule has 0 aromatic carbocycles. The highest BCUT2D eigenvalue weighted by Crippen LogP contribution is 2.22. The van der Waals surface area contributed by atoms with Crippen LogP contribution in [0.5, 0.6) is 0 Å². The minimum absolute atomic E-state index is 0.0544. The summed E-state index contributed by atoms with van der Waals surface area (Å²) in [6.45, 7) is 0.496. The summed E-state index contributed by atoms with van der Waals surface area (Å²) in [6, 6.07) is -0.0946. The Balaban J connectivity index is 2.42. The highest BCUT2D eigenvalue weighted by Gasteiger charge is 2.27. The van der Waals surface area contributed by atoms with Crippen LogP contribution >= 0.6 is 0 Å². The highest BCUT2D eigenvalue weighted by molar-refractivity contribution is 5.82. The molecule has 2 atom stereocenters. The number of Topliss-reactive ketones (excluding diaryl/α,β-unsaturated/α-hetero) is 1. The van der Waals surface area contributed by atoms with E-state index < -0.39 is 0 Å². The van der Waals surface area contributed by atoms with Crippen LogP contribution < -0.4 is 5.73 Å². The molecule has 1 aliphatic rings. The van der Waals surface area contributed by atoms with E-state index in [0.29, 0.717) is 18.8 Å². The van der Waals surface area contributed by atoms with Crippen molar-refractivity contribution in [3.8, 4) is 0 Å². The summed E-state index contributed by atoms with van der Waals surface area (Å²) >= 11 is 0. The van der Waals surface area contributed by atoms with Gasteiger partial charge in [0.15, 0.2) is 0 Å². The van der Waals surface area contributed by atoms with E-state index in [2.05, 4.69) is 0 Å². The first-order valence-electron chi connectivity index (χ1n) is 4.53. The zero-order chi connectivity index (χ0) is 8.97. The first-order chi connectivity index (χ1) is 5.75. The zero-order valence-electron chi connectivity index (χ0n) is 7.58. The maximum Gasteiger partial charge on any atom is 0.137 e. The van der Waals surface area contributed by atoms with Crippen molar-refractivity contribution in [1.29, 1.82) is 0 Å². The Labute approximate surface area is 73.3 Å². The number of nitrogens with two attached hydrogens (primary N) is 1. The van der Waals surface area contributed by atoms with Gasteiger partial charge in [0.2, 0.25) is 0 Å². The molecule has 0 aromatic rings. The van der Waals surface area contributed by atoms with Crippen molar-refractivity contribution >= 4 is 5.78 Å². The average Bonchev–Trinajstić information content (AvgIpc) is 2.05. The molecule has 0 aliphatic heterocycles. The SMILES string of the molecule is COCC(N)C1CCCCC1=O. The monoisotopic (exact) mass is 171 g/mol. The number of carbonyl (C=O) groups is 1. The molecule has 0 aromatic heterocycles. The smallest absolute Gasteiger partial charge is 0.137 e. The average molecular weight is 171 g/mol. The van der Waals surface area contributed by atoms with E-state index in [1.54, 1.807) is 7.11 Å². The predicted molar refractivity (Wildman–Crippen MR) is 46.8 cm³/mol. The topological polar surface area (TPSA) is 52.3 Å². The van der Waals surface area contributed by atoms with Crippen LogP contribution in [-0.2, 0) is 9.53 Å². The molecule has 0 amide bonds. The molecule has 0 spiro atoms. The van der Waals surface area contributed by atoms with E-state index in [-0.39, 0.29) is 12.0 Å². The van der Waals surface area contributed by atoms with Crippen molar-refractivity contribution in [2.45, 2.75) is 31.7 Å². The molecule has 3 nitrogen and oxygen atoms in total. The van der Waals surface area contributed by atoms with Crippen LogP contribution in [0.4, 0.5) is 0 Å². The van der Waals surface area contributed by atoms with Gasteiger partial charge in [-0.3, -0.25) is 4.79 Å². The Hall–Kier alpha value is -0.410. The van der Waals surface area contributed by atoms with E-state index in [1.165, 1.54) is 0 Å². The molecule has 1 saturated carbocycles. The fourth-order valence-corrected chi connectivity index (χ4v) is 1.77. The lowest BCUT2D eigenvalue weighted by molar-refractivity contribution is -0.125. The molecule has 1 fully saturated rings. The first kappa shape index (κ1) is 9.68. The lowest BCUT2D eigenvalue weighted by atomic mass is 9.83. The maximum atomic E-state index is 11.4. The summed E-state index contributed by atoms with van der Waals surface area (Å²) in [6.07, 6.45) is 3.83. The predicted octanol–water partition coefficient (Wildman–Crippen LogP) is 0.719. The quantitative estimate of drug-likeness (QED) is 0.680. The number of hydrogen-bond donors (Lipinski definition) is 1.